The number of furan rings is 2. The molecular formula is C59H41N3O3Pt. The molecule has 66 heavy (non-hydrogen) atoms. The summed E-state index contributed by atoms with van der Waals surface area (Å²) in [6.45, 7) is 6.72. The Morgan fingerprint density at radius 1 is 0.576 bits per heavy atom. The molecule has 0 unspecified atom stereocenters. The Kier molecular flexibility index (Phi) is 10.3. The van der Waals surface area contributed by atoms with Gasteiger partial charge in [-0.25, -0.2) is 0 Å². The molecule has 0 saturated carbocycles. The quantitative estimate of drug-likeness (QED) is 0.142. The molecule has 4 heterocycles. The molecule has 12 aromatic rings. The molecule has 6 nitrogen and oxygen atoms in total. The number of pyridine rings is 1. The van der Waals surface area contributed by atoms with E-state index < -0.39 is 0 Å². The van der Waals surface area contributed by atoms with E-state index in [0.29, 0.717) is 28.5 Å². The predicted octanol–water partition coefficient (Wildman–Crippen LogP) is 15.9. The molecule has 0 spiro atoms. The van der Waals surface area contributed by atoms with E-state index in [1.54, 1.807) is 0 Å². The summed E-state index contributed by atoms with van der Waals surface area (Å²) in [5.74, 6) is 1.73. The van der Waals surface area contributed by atoms with E-state index >= 15 is 0 Å². The van der Waals surface area contributed by atoms with Crippen molar-refractivity contribution in [3.8, 4) is 62.1 Å². The van der Waals surface area contributed by atoms with Gasteiger partial charge in [0.15, 0.2) is 0 Å². The SMILES string of the molecule is CC(C)(C)Cc1ccc(-c2[c-]c(Oc3[c-]c(-c4nc5ccccc5n4-c4ccccc4-c4ccccc4)c4oc5cc(-c6ccc7c(c6)oc6ccccc67)ccc5c4c3)ccc2)nc1.[Pt+2]. The fourth-order valence-corrected chi connectivity index (χ4v) is 9.13. The summed E-state index contributed by atoms with van der Waals surface area (Å²) in [6.07, 6.45) is 2.91. The van der Waals surface area contributed by atoms with Crippen molar-refractivity contribution in [3.05, 3.63) is 200 Å². The van der Waals surface area contributed by atoms with Gasteiger partial charge in [0.1, 0.15) is 16.7 Å². The minimum atomic E-state index is 0. The largest absolute Gasteiger partial charge is 2.00 e. The molecule has 0 aliphatic heterocycles. The number of hydrogen-bond acceptors (Lipinski definition) is 5. The van der Waals surface area contributed by atoms with Crippen molar-refractivity contribution < 1.29 is 34.6 Å². The molecule has 0 saturated heterocycles. The van der Waals surface area contributed by atoms with Crippen LogP contribution in [-0.2, 0) is 27.5 Å². The number of aromatic nitrogens is 3. The van der Waals surface area contributed by atoms with Gasteiger partial charge in [0.05, 0.1) is 22.4 Å². The van der Waals surface area contributed by atoms with Gasteiger partial charge in [0.25, 0.3) is 0 Å². The Morgan fingerprint density at radius 2 is 1.29 bits per heavy atom. The van der Waals surface area contributed by atoms with E-state index in [-0.39, 0.29) is 26.5 Å². The molecule has 0 aliphatic rings. The monoisotopic (exact) mass is 1030 g/mol. The third-order valence-electron chi connectivity index (χ3n) is 12.0. The van der Waals surface area contributed by atoms with E-state index in [9.17, 15) is 0 Å². The molecule has 0 atom stereocenters. The van der Waals surface area contributed by atoms with Gasteiger partial charge in [-0.05, 0) is 82.2 Å². The summed E-state index contributed by atoms with van der Waals surface area (Å²) >= 11 is 0. The second-order valence-electron chi connectivity index (χ2n) is 17.8. The number of nitrogens with zero attached hydrogens (tertiary/aromatic N) is 3. The zero-order valence-electron chi connectivity index (χ0n) is 36.4. The molecule has 0 aliphatic carbocycles. The maximum Gasteiger partial charge on any atom is 2.00 e. The first kappa shape index (κ1) is 41.2. The van der Waals surface area contributed by atoms with Crippen LogP contribution in [0.3, 0.4) is 0 Å². The van der Waals surface area contributed by atoms with Gasteiger partial charge in [-0.15, -0.1) is 23.8 Å². The molecule has 320 valence electrons. The van der Waals surface area contributed by atoms with E-state index in [4.69, 9.17) is 23.5 Å². The van der Waals surface area contributed by atoms with E-state index in [2.05, 4.69) is 153 Å². The third kappa shape index (κ3) is 7.47. The molecule has 12 rings (SSSR count). The van der Waals surface area contributed by atoms with Crippen LogP contribution in [0, 0.1) is 17.5 Å². The van der Waals surface area contributed by atoms with E-state index in [1.165, 1.54) is 5.56 Å². The Labute approximate surface area is 396 Å². The summed E-state index contributed by atoms with van der Waals surface area (Å²) in [7, 11) is 0. The van der Waals surface area contributed by atoms with Gasteiger partial charge in [-0.3, -0.25) is 4.98 Å². The number of fused-ring (bicyclic) bond motifs is 7. The minimum Gasteiger partial charge on any atom is -0.501 e. The molecule has 0 radical (unpaired) electrons. The van der Waals surface area contributed by atoms with Crippen molar-refractivity contribution in [1.29, 1.82) is 0 Å². The average Bonchev–Trinajstić information content (AvgIpc) is 4.02. The van der Waals surface area contributed by atoms with Crippen LogP contribution in [0.4, 0.5) is 0 Å². The summed E-state index contributed by atoms with van der Waals surface area (Å²) in [5, 5.41) is 4.02. The molecule has 7 heteroatoms. The number of imidazole rings is 1. The number of hydrogen-bond donors (Lipinski definition) is 0. The Hall–Kier alpha value is -7.53. The molecule has 4 aromatic heterocycles. The number of rotatable bonds is 8. The summed E-state index contributed by atoms with van der Waals surface area (Å²) in [6, 6.07) is 67.3. The standard InChI is InChI=1S/C59H41N3O3.Pt/c1-59(2,3)35-37-24-29-50(60-36-37)41-16-13-17-42(30-41)63-43-33-48-47-28-26-40(39-25-27-46-45-19-8-12-23-54(45)64-55(46)31-39)32-56(47)65-57(48)49(34-43)58-61-51-20-9-11-22-53(51)62(58)52-21-10-7-18-44(52)38-14-5-4-6-15-38;/h4-29,31-33,36H,35H2,1-3H3;/q-2;+2. The third-order valence-corrected chi connectivity index (χ3v) is 12.0. The maximum absolute atomic E-state index is 6.98. The van der Waals surface area contributed by atoms with Crippen LogP contribution in [0.5, 0.6) is 11.5 Å². The van der Waals surface area contributed by atoms with Gasteiger partial charge in [0, 0.05) is 45.1 Å². The van der Waals surface area contributed by atoms with Crippen LogP contribution in [0.25, 0.3) is 105 Å². The fraction of sp³-hybridized carbons (Fsp3) is 0.0847. The average molecular weight is 1040 g/mol. The van der Waals surface area contributed by atoms with E-state index in [1.807, 2.05) is 66.9 Å². The van der Waals surface area contributed by atoms with Crippen LogP contribution in [0.15, 0.2) is 191 Å². The van der Waals surface area contributed by atoms with Crippen LogP contribution < -0.4 is 4.74 Å². The van der Waals surface area contributed by atoms with Crippen molar-refractivity contribution in [2.45, 2.75) is 27.2 Å². The Balaban J connectivity index is 0.00000481. The van der Waals surface area contributed by atoms with Crippen LogP contribution >= 0.6 is 0 Å². The summed E-state index contributed by atoms with van der Waals surface area (Å²) in [4.78, 5) is 10.2. The Morgan fingerprint density at radius 3 is 2.09 bits per heavy atom. The van der Waals surface area contributed by atoms with Crippen molar-refractivity contribution >= 4 is 54.9 Å². The normalized spacial score (nSPS) is 11.8. The first-order chi connectivity index (χ1) is 31.8. The first-order valence-electron chi connectivity index (χ1n) is 21.9. The summed E-state index contributed by atoms with van der Waals surface area (Å²) in [5.41, 5.74) is 13.8. The van der Waals surface area contributed by atoms with Gasteiger partial charge >= 0.3 is 21.1 Å². The topological polar surface area (TPSA) is 66.2 Å². The van der Waals surface area contributed by atoms with Gasteiger partial charge < -0.3 is 23.1 Å². The second kappa shape index (κ2) is 16.5. The van der Waals surface area contributed by atoms with E-state index in [0.717, 1.165) is 94.9 Å². The second-order valence-corrected chi connectivity index (χ2v) is 17.8. The molecule has 8 aromatic carbocycles. The maximum atomic E-state index is 6.98. The van der Waals surface area contributed by atoms with Crippen LogP contribution in [0.1, 0.15) is 26.3 Å². The predicted molar refractivity (Wildman–Crippen MR) is 263 cm³/mol. The zero-order valence-corrected chi connectivity index (χ0v) is 38.7. The van der Waals surface area contributed by atoms with Gasteiger partial charge in [-0.1, -0.05) is 159 Å². The Bertz CT molecular complexity index is 3760. The molecule has 0 fully saturated rings. The molecular weight excluding hydrogens is 994 g/mol. The van der Waals surface area contributed by atoms with Crippen molar-refractivity contribution in [3.63, 3.8) is 0 Å². The molecule has 0 bridgehead atoms. The number of ether oxygens (including phenoxy) is 1. The zero-order chi connectivity index (χ0) is 43.6. The van der Waals surface area contributed by atoms with Gasteiger partial charge in [0.2, 0.25) is 0 Å². The minimum absolute atomic E-state index is 0. The van der Waals surface area contributed by atoms with Crippen molar-refractivity contribution in [1.82, 2.24) is 14.5 Å². The van der Waals surface area contributed by atoms with Crippen LogP contribution in [0.2, 0.25) is 0 Å². The summed E-state index contributed by atoms with van der Waals surface area (Å²) < 4.78 is 22.2. The molecule has 0 N–H and O–H groups in total. The van der Waals surface area contributed by atoms with Crippen molar-refractivity contribution in [2.24, 2.45) is 5.41 Å². The van der Waals surface area contributed by atoms with Gasteiger partial charge in [-0.2, -0.15) is 0 Å². The van der Waals surface area contributed by atoms with Crippen LogP contribution in [-0.4, -0.2) is 14.5 Å². The smallest absolute Gasteiger partial charge is 0.501 e. The molecule has 0 amide bonds. The number of para-hydroxylation sites is 4. The fourth-order valence-electron chi connectivity index (χ4n) is 9.13. The van der Waals surface area contributed by atoms with Crippen molar-refractivity contribution in [2.75, 3.05) is 0 Å². The first-order valence-corrected chi connectivity index (χ1v) is 21.9. The number of benzene rings is 8.